The number of rotatable bonds is 3. The zero-order valence-corrected chi connectivity index (χ0v) is 17.4. The van der Waals surface area contributed by atoms with E-state index in [0.29, 0.717) is 24.7 Å². The second-order valence-corrected chi connectivity index (χ2v) is 8.95. The van der Waals surface area contributed by atoms with E-state index < -0.39 is 0 Å². The molecule has 154 valence electrons. The first kappa shape index (κ1) is 18.0. The van der Waals surface area contributed by atoms with Gasteiger partial charge in [-0.3, -0.25) is 0 Å². The number of aromatic nitrogens is 2. The zero-order valence-electron chi connectivity index (χ0n) is 17.4. The van der Waals surface area contributed by atoms with E-state index in [9.17, 15) is 0 Å². The van der Waals surface area contributed by atoms with E-state index in [2.05, 4.69) is 58.8 Å². The van der Waals surface area contributed by atoms with Gasteiger partial charge in [0.15, 0.2) is 0 Å². The van der Waals surface area contributed by atoms with Crippen LogP contribution < -0.4 is 15.0 Å². The molecule has 2 aromatic carbocycles. The first-order chi connectivity index (χ1) is 14.7. The Morgan fingerprint density at radius 2 is 1.90 bits per heavy atom. The Labute approximate surface area is 177 Å². The summed E-state index contributed by atoms with van der Waals surface area (Å²) in [5.74, 6) is 0.942. The third-order valence-electron chi connectivity index (χ3n) is 7.15. The Balaban J connectivity index is 1.31. The molecule has 30 heavy (non-hydrogen) atoms. The predicted molar refractivity (Wildman–Crippen MR) is 120 cm³/mol. The van der Waals surface area contributed by atoms with E-state index in [4.69, 9.17) is 4.74 Å². The molecular formula is C25H28N4O. The number of nitrogens with zero attached hydrogens (tertiary/aromatic N) is 3. The predicted octanol–water partition coefficient (Wildman–Crippen LogP) is 4.19. The molecule has 0 saturated carbocycles. The molecule has 0 spiro atoms. The van der Waals surface area contributed by atoms with E-state index in [1.54, 1.807) is 6.20 Å². The van der Waals surface area contributed by atoms with Crippen molar-refractivity contribution in [2.45, 2.75) is 50.2 Å². The molecule has 5 heteroatoms. The lowest BCUT2D eigenvalue weighted by Gasteiger charge is -2.37. The molecule has 5 nitrogen and oxygen atoms in total. The van der Waals surface area contributed by atoms with Crippen molar-refractivity contribution in [2.24, 2.45) is 0 Å². The molecule has 2 atom stereocenters. The largest absolute Gasteiger partial charge is 0.493 e. The van der Waals surface area contributed by atoms with Crippen molar-refractivity contribution in [1.82, 2.24) is 15.1 Å². The maximum atomic E-state index is 6.16. The first-order valence-electron chi connectivity index (χ1n) is 11.1. The number of hydrogen-bond donors (Lipinski definition) is 1. The van der Waals surface area contributed by atoms with Crippen LogP contribution in [0.2, 0.25) is 0 Å². The van der Waals surface area contributed by atoms with Crippen LogP contribution in [0.25, 0.3) is 16.8 Å². The number of ether oxygens (including phenoxy) is 1. The third-order valence-corrected chi connectivity index (χ3v) is 7.15. The fraction of sp³-hybridized carbons (Fsp3) is 0.400. The summed E-state index contributed by atoms with van der Waals surface area (Å²) < 4.78 is 8.03. The first-order valence-corrected chi connectivity index (χ1v) is 11.1. The summed E-state index contributed by atoms with van der Waals surface area (Å²) in [5.41, 5.74) is 6.20. The van der Waals surface area contributed by atoms with Crippen LogP contribution in [0.3, 0.4) is 0 Å². The lowest BCUT2D eigenvalue weighted by Crippen LogP contribution is -2.47. The van der Waals surface area contributed by atoms with E-state index in [1.165, 1.54) is 48.1 Å². The molecule has 0 radical (unpaired) electrons. The lowest BCUT2D eigenvalue weighted by atomic mass is 9.95. The third kappa shape index (κ3) is 3.08. The normalized spacial score (nSPS) is 24.5. The van der Waals surface area contributed by atoms with Gasteiger partial charge in [0.2, 0.25) is 0 Å². The summed E-state index contributed by atoms with van der Waals surface area (Å²) in [4.78, 5) is 2.51. The van der Waals surface area contributed by atoms with Crippen molar-refractivity contribution in [3.63, 3.8) is 0 Å². The van der Waals surface area contributed by atoms with Gasteiger partial charge in [-0.15, -0.1) is 0 Å². The van der Waals surface area contributed by atoms with Crippen molar-refractivity contribution in [3.05, 3.63) is 60.4 Å². The number of nitrogens with one attached hydrogen (secondary N) is 1. The van der Waals surface area contributed by atoms with Gasteiger partial charge in [-0.25, -0.2) is 4.68 Å². The summed E-state index contributed by atoms with van der Waals surface area (Å²) >= 11 is 0. The second-order valence-electron chi connectivity index (χ2n) is 8.95. The fourth-order valence-electron chi connectivity index (χ4n) is 5.51. The summed E-state index contributed by atoms with van der Waals surface area (Å²) in [6.07, 6.45) is 9.88. The Kier molecular flexibility index (Phi) is 4.30. The molecule has 4 heterocycles. The Bertz CT molecular complexity index is 1050. The molecule has 2 saturated heterocycles. The van der Waals surface area contributed by atoms with E-state index in [0.717, 1.165) is 17.9 Å². The van der Waals surface area contributed by atoms with Gasteiger partial charge in [0.05, 0.1) is 12.3 Å². The molecule has 1 aromatic heterocycles. The molecule has 3 aliphatic heterocycles. The monoisotopic (exact) mass is 400 g/mol. The van der Waals surface area contributed by atoms with Gasteiger partial charge in [0.1, 0.15) is 5.75 Å². The molecule has 2 fully saturated rings. The highest BCUT2D eigenvalue weighted by molar-refractivity contribution is 5.77. The fourth-order valence-corrected chi connectivity index (χ4v) is 5.51. The molecule has 3 aliphatic rings. The molecule has 0 aliphatic carbocycles. The maximum Gasteiger partial charge on any atom is 0.129 e. The van der Waals surface area contributed by atoms with Crippen molar-refractivity contribution < 1.29 is 4.74 Å². The van der Waals surface area contributed by atoms with Crippen molar-refractivity contribution >= 4 is 5.69 Å². The van der Waals surface area contributed by atoms with Crippen LogP contribution in [0.1, 0.15) is 31.2 Å². The van der Waals surface area contributed by atoms with E-state index >= 15 is 0 Å². The van der Waals surface area contributed by atoms with Gasteiger partial charge in [0, 0.05) is 61.3 Å². The highest BCUT2D eigenvalue weighted by Crippen LogP contribution is 2.39. The van der Waals surface area contributed by atoms with E-state index in [1.807, 2.05) is 16.9 Å². The number of fused-ring (bicyclic) bond motifs is 5. The second kappa shape index (κ2) is 7.17. The summed E-state index contributed by atoms with van der Waals surface area (Å²) in [6.45, 7) is 0.702. The van der Waals surface area contributed by atoms with Crippen molar-refractivity contribution in [1.29, 1.82) is 0 Å². The van der Waals surface area contributed by atoms with Crippen LogP contribution in [-0.2, 0) is 6.42 Å². The SMILES string of the molecule is CN(c1ccc2c(c1)CCOc1cc(-n3cccn3)ccc1-2)C1CC2CCC(C1)N2. The molecule has 3 aromatic rings. The Hall–Kier alpha value is -2.79. The Morgan fingerprint density at radius 1 is 1.07 bits per heavy atom. The van der Waals surface area contributed by atoms with E-state index in [-0.39, 0.29) is 0 Å². The van der Waals surface area contributed by atoms with Crippen LogP contribution in [0.4, 0.5) is 5.69 Å². The van der Waals surface area contributed by atoms with Crippen molar-refractivity contribution in [2.75, 3.05) is 18.6 Å². The summed E-state index contributed by atoms with van der Waals surface area (Å²) in [5, 5.41) is 8.11. The number of piperidine rings is 1. The highest BCUT2D eigenvalue weighted by Gasteiger charge is 2.35. The van der Waals surface area contributed by atoms with Gasteiger partial charge >= 0.3 is 0 Å². The van der Waals surface area contributed by atoms with Gasteiger partial charge < -0.3 is 15.0 Å². The van der Waals surface area contributed by atoms with Gasteiger partial charge in [-0.05, 0) is 67.1 Å². The standard InChI is InChI=1S/C25H28N4O/c1-28(22-14-18-3-4-19(15-22)27-18)20-5-7-23-17(13-20)9-12-30-25-16-21(6-8-24(23)25)29-11-2-10-26-29/h2,5-8,10-11,13,16,18-19,22,27H,3-4,9,12,14-15H2,1H3. The molecular weight excluding hydrogens is 372 g/mol. The summed E-state index contributed by atoms with van der Waals surface area (Å²) in [6, 6.07) is 17.3. The van der Waals surface area contributed by atoms with Crippen LogP contribution in [0.15, 0.2) is 54.9 Å². The molecule has 6 rings (SSSR count). The van der Waals surface area contributed by atoms with Crippen molar-refractivity contribution in [3.8, 4) is 22.6 Å². The lowest BCUT2D eigenvalue weighted by molar-refractivity contribution is 0.326. The topological polar surface area (TPSA) is 42.3 Å². The van der Waals surface area contributed by atoms with Crippen LogP contribution >= 0.6 is 0 Å². The van der Waals surface area contributed by atoms with Crippen LogP contribution in [0.5, 0.6) is 5.75 Å². The summed E-state index contributed by atoms with van der Waals surface area (Å²) in [7, 11) is 2.27. The van der Waals surface area contributed by atoms with Crippen LogP contribution in [0, 0.1) is 0 Å². The van der Waals surface area contributed by atoms with Gasteiger partial charge in [-0.2, -0.15) is 5.10 Å². The minimum atomic E-state index is 0.632. The highest BCUT2D eigenvalue weighted by atomic mass is 16.5. The number of anilines is 1. The quantitative estimate of drug-likeness (QED) is 0.716. The smallest absolute Gasteiger partial charge is 0.129 e. The minimum Gasteiger partial charge on any atom is -0.493 e. The van der Waals surface area contributed by atoms with Gasteiger partial charge in [0.25, 0.3) is 0 Å². The molecule has 0 amide bonds. The Morgan fingerprint density at radius 3 is 2.70 bits per heavy atom. The minimum absolute atomic E-state index is 0.632. The maximum absolute atomic E-state index is 6.16. The number of hydrogen-bond acceptors (Lipinski definition) is 4. The molecule has 2 bridgehead atoms. The molecule has 2 unspecified atom stereocenters. The average molecular weight is 401 g/mol. The zero-order chi connectivity index (χ0) is 20.1. The van der Waals surface area contributed by atoms with Crippen LogP contribution in [-0.4, -0.2) is 41.6 Å². The average Bonchev–Trinajstić information content (AvgIpc) is 3.38. The van der Waals surface area contributed by atoms with Gasteiger partial charge in [-0.1, -0.05) is 6.07 Å². The molecule has 1 N–H and O–H groups in total. The number of benzene rings is 2.